The normalized spacial score (nSPS) is 9.62. The van der Waals surface area contributed by atoms with Crippen molar-refractivity contribution in [3.63, 3.8) is 0 Å². The molecule has 0 spiro atoms. The number of hydrogen-bond acceptors (Lipinski definition) is 5. The van der Waals surface area contributed by atoms with Crippen molar-refractivity contribution in [2.24, 2.45) is 0 Å². The fourth-order valence-corrected chi connectivity index (χ4v) is 1.52. The second-order valence-electron chi connectivity index (χ2n) is 0.970. The summed E-state index contributed by atoms with van der Waals surface area (Å²) in [7, 11) is 0. The molecule has 6 heteroatoms. The molecule has 0 aromatic carbocycles. The van der Waals surface area contributed by atoms with E-state index in [2.05, 4.69) is 22.4 Å². The molecule has 0 aliphatic heterocycles. The molecule has 0 radical (unpaired) electrons. The van der Waals surface area contributed by atoms with Crippen LogP contribution in [-0.2, 0) is 0 Å². The highest BCUT2D eigenvalue weighted by molar-refractivity contribution is 7.95. The highest BCUT2D eigenvalue weighted by Crippen LogP contribution is 2.15. The van der Waals surface area contributed by atoms with Crippen LogP contribution in [0.3, 0.4) is 0 Å². The van der Waals surface area contributed by atoms with E-state index in [1.165, 1.54) is 11.3 Å². The predicted molar refractivity (Wildman–Crippen MR) is 35.8 cm³/mol. The first-order chi connectivity index (χ1) is 3.83. The molecule has 0 saturated carbocycles. The van der Waals surface area contributed by atoms with Crippen LogP contribution in [0.1, 0.15) is 0 Å². The molecular formula is C2H2N2OS3. The minimum absolute atomic E-state index is 0.551. The zero-order valence-corrected chi connectivity index (χ0v) is 6.07. The first-order valence-corrected chi connectivity index (χ1v) is 3.69. The fraction of sp³-hybridized carbons (Fsp3) is 0. The van der Waals surface area contributed by atoms with Gasteiger partial charge in [-0.3, -0.25) is 5.10 Å². The Morgan fingerprint density at radius 1 is 1.88 bits per heavy atom. The molecule has 0 unspecified atom stereocenters. The molecule has 0 atom stereocenters. The van der Waals surface area contributed by atoms with Crippen molar-refractivity contribution in [2.75, 3.05) is 0 Å². The Morgan fingerprint density at radius 2 is 2.62 bits per heavy atom. The number of H-pyrrole nitrogens is 1. The molecule has 1 aromatic rings. The van der Waals surface area contributed by atoms with Crippen molar-refractivity contribution in [1.82, 2.24) is 10.2 Å². The summed E-state index contributed by atoms with van der Waals surface area (Å²) >= 11 is 6.52. The standard InChI is InChI=1S/C2H2N2OS3/c5-8-2-4-3-1(6)7-2/h5H,(H,3,6). The van der Waals surface area contributed by atoms with E-state index in [-0.39, 0.29) is 0 Å². The minimum Gasteiger partial charge on any atom is -0.324 e. The number of nitrogens with one attached hydrogen (secondary N) is 1. The Morgan fingerprint density at radius 3 is 2.88 bits per heavy atom. The Labute approximate surface area is 59.0 Å². The van der Waals surface area contributed by atoms with Crippen molar-refractivity contribution >= 4 is 35.6 Å². The van der Waals surface area contributed by atoms with E-state index < -0.39 is 0 Å². The lowest BCUT2D eigenvalue weighted by molar-refractivity contribution is 0.661. The SMILES string of the molecule is OSc1n[nH]c(=S)s1. The van der Waals surface area contributed by atoms with Crippen molar-refractivity contribution in [2.45, 2.75) is 4.34 Å². The van der Waals surface area contributed by atoms with Crippen molar-refractivity contribution in [1.29, 1.82) is 0 Å². The molecule has 1 heterocycles. The molecule has 44 valence electrons. The van der Waals surface area contributed by atoms with Gasteiger partial charge in [0.25, 0.3) is 0 Å². The summed E-state index contributed by atoms with van der Waals surface area (Å²) in [4.78, 5) is 0. The van der Waals surface area contributed by atoms with Crippen LogP contribution in [-0.4, -0.2) is 14.8 Å². The van der Waals surface area contributed by atoms with E-state index >= 15 is 0 Å². The van der Waals surface area contributed by atoms with Crippen LogP contribution >= 0.6 is 35.6 Å². The maximum Gasteiger partial charge on any atom is 0.199 e. The van der Waals surface area contributed by atoms with Gasteiger partial charge in [-0.25, -0.2) is 0 Å². The maximum absolute atomic E-state index is 8.35. The molecular weight excluding hydrogens is 164 g/mol. The summed E-state index contributed by atoms with van der Waals surface area (Å²) in [5.74, 6) is 0. The molecule has 0 saturated heterocycles. The van der Waals surface area contributed by atoms with Crippen LogP contribution in [0.15, 0.2) is 4.34 Å². The topological polar surface area (TPSA) is 48.9 Å². The average molecular weight is 166 g/mol. The highest BCUT2D eigenvalue weighted by Gasteiger charge is 1.92. The second kappa shape index (κ2) is 2.58. The van der Waals surface area contributed by atoms with Gasteiger partial charge in [0.1, 0.15) is 0 Å². The minimum atomic E-state index is 0.551. The summed E-state index contributed by atoms with van der Waals surface area (Å²) in [6, 6.07) is 0. The van der Waals surface area contributed by atoms with Gasteiger partial charge in [0.2, 0.25) is 0 Å². The van der Waals surface area contributed by atoms with E-state index in [1.54, 1.807) is 0 Å². The van der Waals surface area contributed by atoms with Gasteiger partial charge in [-0.2, -0.15) is 5.10 Å². The van der Waals surface area contributed by atoms with E-state index in [4.69, 9.17) is 4.55 Å². The zero-order valence-electron chi connectivity index (χ0n) is 3.62. The van der Waals surface area contributed by atoms with Crippen LogP contribution in [0.5, 0.6) is 0 Å². The van der Waals surface area contributed by atoms with Crippen molar-refractivity contribution < 1.29 is 4.55 Å². The van der Waals surface area contributed by atoms with Gasteiger partial charge in [0.15, 0.2) is 8.29 Å². The van der Waals surface area contributed by atoms with Gasteiger partial charge in [0, 0.05) is 0 Å². The first kappa shape index (κ1) is 6.21. The molecule has 2 N–H and O–H groups in total. The zero-order chi connectivity index (χ0) is 5.98. The Bertz CT molecular complexity index is 215. The van der Waals surface area contributed by atoms with Crippen LogP contribution in [0.2, 0.25) is 0 Å². The number of hydrogen-bond donors (Lipinski definition) is 2. The molecule has 0 bridgehead atoms. The molecule has 1 aromatic heterocycles. The lowest BCUT2D eigenvalue weighted by Gasteiger charge is -1.73. The molecule has 0 fully saturated rings. The molecule has 0 aliphatic rings. The number of rotatable bonds is 1. The van der Waals surface area contributed by atoms with Crippen LogP contribution in [0, 0.1) is 3.95 Å². The Kier molecular flexibility index (Phi) is 2.01. The molecule has 3 nitrogen and oxygen atoms in total. The fourth-order valence-electron chi connectivity index (χ4n) is 0.255. The highest BCUT2D eigenvalue weighted by atomic mass is 32.2. The van der Waals surface area contributed by atoms with Crippen LogP contribution < -0.4 is 0 Å². The van der Waals surface area contributed by atoms with Gasteiger partial charge in [0.05, 0.1) is 12.0 Å². The van der Waals surface area contributed by atoms with Gasteiger partial charge < -0.3 is 4.55 Å². The van der Waals surface area contributed by atoms with Gasteiger partial charge in [-0.15, -0.1) is 0 Å². The lowest BCUT2D eigenvalue weighted by atomic mass is 11.6. The third-order valence-corrected chi connectivity index (χ3v) is 2.10. The largest absolute Gasteiger partial charge is 0.324 e. The summed E-state index contributed by atoms with van der Waals surface area (Å²) in [5.41, 5.74) is 0. The van der Waals surface area contributed by atoms with Crippen molar-refractivity contribution in [3.8, 4) is 0 Å². The second-order valence-corrected chi connectivity index (χ2v) is 3.46. The average Bonchev–Trinajstić information content (AvgIpc) is 2.14. The third-order valence-electron chi connectivity index (χ3n) is 0.497. The molecule has 0 aliphatic carbocycles. The number of aromatic amines is 1. The van der Waals surface area contributed by atoms with Gasteiger partial charge in [-0.05, 0) is 12.2 Å². The van der Waals surface area contributed by atoms with E-state index in [1.807, 2.05) is 0 Å². The van der Waals surface area contributed by atoms with Crippen LogP contribution in [0.25, 0.3) is 0 Å². The summed E-state index contributed by atoms with van der Waals surface area (Å²) < 4.78 is 9.48. The lowest BCUT2D eigenvalue weighted by Crippen LogP contribution is -1.65. The third kappa shape index (κ3) is 1.28. The molecule has 8 heavy (non-hydrogen) atoms. The van der Waals surface area contributed by atoms with Gasteiger partial charge in [-0.1, -0.05) is 11.3 Å². The number of nitrogens with zero attached hydrogens (tertiary/aromatic N) is 1. The van der Waals surface area contributed by atoms with E-state index in [0.29, 0.717) is 20.3 Å². The van der Waals surface area contributed by atoms with Crippen molar-refractivity contribution in [3.05, 3.63) is 3.95 Å². The summed E-state index contributed by atoms with van der Waals surface area (Å²) in [6.07, 6.45) is 0. The maximum atomic E-state index is 8.35. The Hall–Kier alpha value is 0.0900. The predicted octanol–water partition coefficient (Wildman–Crippen LogP) is 1.77. The Balaban J connectivity index is 3.01. The summed E-state index contributed by atoms with van der Waals surface area (Å²) in [5, 5.41) is 6.16. The quantitative estimate of drug-likeness (QED) is 0.493. The van der Waals surface area contributed by atoms with E-state index in [9.17, 15) is 0 Å². The first-order valence-electron chi connectivity index (χ1n) is 1.70. The van der Waals surface area contributed by atoms with E-state index in [0.717, 1.165) is 0 Å². The molecule has 1 rings (SSSR count). The smallest absolute Gasteiger partial charge is 0.199 e. The van der Waals surface area contributed by atoms with Gasteiger partial charge >= 0.3 is 0 Å². The van der Waals surface area contributed by atoms with Crippen LogP contribution in [0.4, 0.5) is 0 Å². The monoisotopic (exact) mass is 166 g/mol. The summed E-state index contributed by atoms with van der Waals surface area (Å²) in [6.45, 7) is 0. The molecule has 0 amide bonds. The number of aromatic nitrogens is 2.